The smallest absolute Gasteiger partial charge is 0.338 e. The number of thiazole rings is 1. The first-order valence-corrected chi connectivity index (χ1v) is 15.6. The van der Waals surface area contributed by atoms with E-state index in [1.807, 2.05) is 36.4 Å². The van der Waals surface area contributed by atoms with E-state index >= 15 is 0 Å². The number of para-hydroxylation sites is 1. The van der Waals surface area contributed by atoms with Crippen LogP contribution in [0.2, 0.25) is 5.02 Å². The average molecular weight is 658 g/mol. The highest BCUT2D eigenvalue weighted by Gasteiger charge is 2.37. The molecule has 0 saturated heterocycles. The van der Waals surface area contributed by atoms with Gasteiger partial charge < -0.3 is 19.1 Å². The van der Waals surface area contributed by atoms with Crippen LogP contribution < -0.4 is 29.3 Å². The first-order valence-electron chi connectivity index (χ1n) is 14.4. The van der Waals surface area contributed by atoms with Gasteiger partial charge in [-0.25, -0.2) is 9.79 Å². The van der Waals surface area contributed by atoms with Gasteiger partial charge in [-0.1, -0.05) is 59.3 Å². The van der Waals surface area contributed by atoms with Gasteiger partial charge in [0.1, 0.15) is 4.53 Å². The molecular weight excluding hydrogens is 630 g/mol. The zero-order valence-electron chi connectivity index (χ0n) is 25.3. The number of anilines is 1. The van der Waals surface area contributed by atoms with Crippen molar-refractivity contribution in [3.63, 3.8) is 0 Å². The van der Waals surface area contributed by atoms with Crippen LogP contribution in [0, 0.1) is 0 Å². The van der Waals surface area contributed by atoms with Gasteiger partial charge in [-0.15, -0.1) is 0 Å². The monoisotopic (exact) mass is 657 g/mol. The van der Waals surface area contributed by atoms with Crippen molar-refractivity contribution in [1.82, 2.24) is 4.57 Å². The number of halogens is 1. The molecular formula is C34H28ClN3O7S. The second-order valence-corrected chi connectivity index (χ2v) is 12.0. The van der Waals surface area contributed by atoms with Gasteiger partial charge in [0.15, 0.2) is 16.3 Å². The number of carbonyl (C=O) groups is 3. The Morgan fingerprint density at radius 3 is 2.46 bits per heavy atom. The van der Waals surface area contributed by atoms with Gasteiger partial charge >= 0.3 is 11.9 Å². The largest absolute Gasteiger partial charge is 0.493 e. The molecule has 1 atom stereocenters. The molecule has 0 spiro atoms. The van der Waals surface area contributed by atoms with Crippen molar-refractivity contribution in [2.24, 2.45) is 4.99 Å². The summed E-state index contributed by atoms with van der Waals surface area (Å²) in [5.74, 6) is -1.08. The Hall–Kier alpha value is -5.00. The highest BCUT2D eigenvalue weighted by Crippen LogP contribution is 2.38. The fraction of sp³-hybridized carbons (Fsp3) is 0.206. The molecule has 0 radical (unpaired) electrons. The highest BCUT2D eigenvalue weighted by molar-refractivity contribution is 7.07. The van der Waals surface area contributed by atoms with Crippen molar-refractivity contribution in [1.29, 1.82) is 0 Å². The maximum atomic E-state index is 14.5. The molecule has 0 saturated carbocycles. The molecule has 3 aromatic carbocycles. The zero-order valence-corrected chi connectivity index (χ0v) is 26.9. The summed E-state index contributed by atoms with van der Waals surface area (Å²) in [5, 5.41) is 0.587. The number of benzene rings is 3. The standard InChI is InChI=1S/C34H28ClN3O7S/c1-5-44-33(42)27-18(2)36-34-38(29(27)21-12-15-25(45-19(3)39)26(16-21)43-4)32(41)30(46-34)28-23-8-6-7-9-24(23)37(31(28)40)17-20-10-13-22(35)14-11-20/h6-16,29H,5,17H2,1-4H3/b30-28-/t29-/m1/s1. The first-order chi connectivity index (χ1) is 22.1. The Morgan fingerprint density at radius 2 is 1.76 bits per heavy atom. The van der Waals surface area contributed by atoms with Crippen LogP contribution in [-0.4, -0.2) is 36.1 Å². The summed E-state index contributed by atoms with van der Waals surface area (Å²) < 4.78 is 17.8. The number of methoxy groups -OCH3 is 1. The van der Waals surface area contributed by atoms with E-state index in [9.17, 15) is 19.2 Å². The van der Waals surface area contributed by atoms with Crippen molar-refractivity contribution in [3.05, 3.63) is 119 Å². The van der Waals surface area contributed by atoms with E-state index in [-0.39, 0.29) is 46.2 Å². The van der Waals surface area contributed by atoms with Crippen LogP contribution in [0.25, 0.3) is 5.57 Å². The Balaban J connectivity index is 1.56. The maximum Gasteiger partial charge on any atom is 0.338 e. The molecule has 234 valence electrons. The normalized spacial score (nSPS) is 16.5. The number of allylic oxidation sites excluding steroid dienone is 1. The minimum absolute atomic E-state index is 0.111. The van der Waals surface area contributed by atoms with Crippen LogP contribution >= 0.6 is 22.9 Å². The molecule has 3 heterocycles. The van der Waals surface area contributed by atoms with Crippen LogP contribution in [-0.2, 0) is 25.7 Å². The molecule has 2 aliphatic rings. The Morgan fingerprint density at radius 1 is 1.02 bits per heavy atom. The van der Waals surface area contributed by atoms with E-state index in [0.29, 0.717) is 32.3 Å². The van der Waals surface area contributed by atoms with Gasteiger partial charge in [0.25, 0.3) is 11.5 Å². The second kappa shape index (κ2) is 12.4. The molecule has 4 aromatic rings. The molecule has 2 aliphatic heterocycles. The summed E-state index contributed by atoms with van der Waals surface area (Å²) >= 11 is 7.16. The fourth-order valence-corrected chi connectivity index (χ4v) is 6.94. The molecule has 6 rings (SSSR count). The number of hydrogen-bond acceptors (Lipinski definition) is 9. The number of amides is 1. The lowest BCUT2D eigenvalue weighted by Crippen LogP contribution is -2.41. The van der Waals surface area contributed by atoms with Gasteiger partial charge in [-0.2, -0.15) is 0 Å². The maximum absolute atomic E-state index is 14.5. The van der Waals surface area contributed by atoms with Gasteiger partial charge in [0.05, 0.1) is 48.8 Å². The topological polar surface area (TPSA) is 117 Å². The quantitative estimate of drug-likeness (QED) is 0.215. The van der Waals surface area contributed by atoms with E-state index in [1.54, 1.807) is 43.0 Å². The first kappa shape index (κ1) is 31.0. The number of esters is 2. The number of carbonyl (C=O) groups excluding carboxylic acids is 3. The lowest BCUT2D eigenvalue weighted by atomic mass is 9.95. The average Bonchev–Trinajstić information content (AvgIpc) is 3.49. The molecule has 0 N–H and O–H groups in total. The summed E-state index contributed by atoms with van der Waals surface area (Å²) in [6.45, 7) is 5.03. The number of ether oxygens (including phenoxy) is 3. The van der Waals surface area contributed by atoms with E-state index in [4.69, 9.17) is 25.8 Å². The van der Waals surface area contributed by atoms with Crippen LogP contribution in [0.4, 0.5) is 5.69 Å². The lowest BCUT2D eigenvalue weighted by Gasteiger charge is -2.25. The lowest BCUT2D eigenvalue weighted by molar-refractivity contribution is -0.139. The summed E-state index contributed by atoms with van der Waals surface area (Å²) in [5.41, 5.74) is 2.96. The predicted octanol–water partition coefficient (Wildman–Crippen LogP) is 4.30. The number of hydrogen-bond donors (Lipinski definition) is 0. The minimum atomic E-state index is -0.971. The molecule has 0 unspecified atom stereocenters. The van der Waals surface area contributed by atoms with Crippen LogP contribution in [0.15, 0.2) is 87.8 Å². The SMILES string of the molecule is CCOC(=O)C1=C(C)N=c2s/c(=C3\C(=O)N(Cc4ccc(Cl)cc4)c4ccccc43)c(=O)n2[C@@H]1c1ccc(OC(C)=O)c(OC)c1. The number of aromatic nitrogens is 1. The summed E-state index contributed by atoms with van der Waals surface area (Å²) in [7, 11) is 1.42. The Kier molecular flexibility index (Phi) is 8.37. The highest BCUT2D eigenvalue weighted by atomic mass is 35.5. The summed E-state index contributed by atoms with van der Waals surface area (Å²) in [6.07, 6.45) is 0. The second-order valence-electron chi connectivity index (χ2n) is 10.5. The van der Waals surface area contributed by atoms with Crippen molar-refractivity contribution in [3.8, 4) is 11.5 Å². The van der Waals surface area contributed by atoms with Gasteiger partial charge in [0, 0.05) is 17.5 Å². The molecule has 0 fully saturated rings. The zero-order chi connectivity index (χ0) is 32.7. The van der Waals surface area contributed by atoms with Crippen molar-refractivity contribution >= 4 is 52.0 Å². The number of fused-ring (bicyclic) bond motifs is 2. The van der Waals surface area contributed by atoms with Crippen molar-refractivity contribution in [2.45, 2.75) is 33.4 Å². The van der Waals surface area contributed by atoms with Crippen LogP contribution in [0.5, 0.6) is 11.5 Å². The Labute approximate surface area is 272 Å². The molecule has 1 aromatic heterocycles. The molecule has 0 bridgehead atoms. The number of rotatable bonds is 7. The third kappa shape index (κ3) is 5.41. The summed E-state index contributed by atoms with van der Waals surface area (Å²) in [4.78, 5) is 60.2. The fourth-order valence-electron chi connectivity index (χ4n) is 5.68. The predicted molar refractivity (Wildman–Crippen MR) is 173 cm³/mol. The third-order valence-electron chi connectivity index (χ3n) is 7.65. The van der Waals surface area contributed by atoms with Crippen molar-refractivity contribution in [2.75, 3.05) is 18.6 Å². The van der Waals surface area contributed by atoms with Gasteiger partial charge in [-0.3, -0.25) is 19.0 Å². The Bertz CT molecular complexity index is 2130. The van der Waals surface area contributed by atoms with Crippen LogP contribution in [0.3, 0.4) is 0 Å². The third-order valence-corrected chi connectivity index (χ3v) is 8.96. The molecule has 46 heavy (non-hydrogen) atoms. The van der Waals surface area contributed by atoms with E-state index in [1.165, 1.54) is 24.7 Å². The minimum Gasteiger partial charge on any atom is -0.493 e. The van der Waals surface area contributed by atoms with E-state index < -0.39 is 23.5 Å². The van der Waals surface area contributed by atoms with Crippen LogP contribution in [0.1, 0.15) is 43.5 Å². The van der Waals surface area contributed by atoms with Crippen molar-refractivity contribution < 1.29 is 28.6 Å². The van der Waals surface area contributed by atoms with Gasteiger partial charge in [0.2, 0.25) is 0 Å². The molecule has 1 amide bonds. The van der Waals surface area contributed by atoms with E-state index in [2.05, 4.69) is 4.99 Å². The molecule has 12 heteroatoms. The molecule has 0 aliphatic carbocycles. The molecule has 10 nitrogen and oxygen atoms in total. The number of nitrogens with zero attached hydrogens (tertiary/aromatic N) is 3. The van der Waals surface area contributed by atoms with E-state index in [0.717, 1.165) is 16.9 Å². The van der Waals surface area contributed by atoms with Gasteiger partial charge in [-0.05, 0) is 55.3 Å². The summed E-state index contributed by atoms with van der Waals surface area (Å²) in [6, 6.07) is 18.4.